The third kappa shape index (κ3) is 4.42. The molecule has 19 heavy (non-hydrogen) atoms. The Kier molecular flexibility index (Phi) is 5.14. The number of carbonyl (C=O) groups is 3. The first kappa shape index (κ1) is 15.3. The molecule has 0 radical (unpaired) electrons. The number of nitrogens with two attached hydrogens (primary N) is 1. The summed E-state index contributed by atoms with van der Waals surface area (Å²) in [6, 6.07) is 4.32. The number of amides is 2. The number of rotatable bonds is 4. The van der Waals surface area contributed by atoms with Gasteiger partial charge in [-0.2, -0.15) is 0 Å². The fourth-order valence-electron chi connectivity index (χ4n) is 1.19. The molecule has 0 aliphatic heterocycles. The van der Waals surface area contributed by atoms with Crippen molar-refractivity contribution >= 4 is 46.7 Å². The molecule has 0 bridgehead atoms. The van der Waals surface area contributed by atoms with Gasteiger partial charge in [0.15, 0.2) is 0 Å². The molecule has 102 valence electrons. The van der Waals surface area contributed by atoms with Gasteiger partial charge in [0.25, 0.3) is 17.9 Å². The quantitative estimate of drug-likeness (QED) is 0.648. The lowest BCUT2D eigenvalue weighted by Crippen LogP contribution is -2.42. The van der Waals surface area contributed by atoms with Gasteiger partial charge in [-0.25, -0.2) is 0 Å². The molecule has 1 unspecified atom stereocenters. The molecule has 2 amide bonds. The van der Waals surface area contributed by atoms with E-state index in [4.69, 9.17) is 28.9 Å². The van der Waals surface area contributed by atoms with Crippen LogP contribution in [0, 0.1) is 0 Å². The van der Waals surface area contributed by atoms with Crippen molar-refractivity contribution in [1.82, 2.24) is 0 Å². The number of nitrogens with one attached hydrogen (secondary N) is 1. The summed E-state index contributed by atoms with van der Waals surface area (Å²) in [6.45, 7) is 1.06. The van der Waals surface area contributed by atoms with Crippen molar-refractivity contribution in [3.05, 3.63) is 28.2 Å². The van der Waals surface area contributed by atoms with Crippen molar-refractivity contribution in [2.45, 2.75) is 13.0 Å². The van der Waals surface area contributed by atoms with Gasteiger partial charge in [-0.1, -0.05) is 23.2 Å². The molecule has 3 N–H and O–H groups in total. The van der Waals surface area contributed by atoms with Crippen molar-refractivity contribution in [2.24, 2.45) is 5.73 Å². The van der Waals surface area contributed by atoms with Crippen LogP contribution >= 0.6 is 23.2 Å². The molecule has 0 saturated carbocycles. The minimum Gasteiger partial charge on any atom is -0.442 e. The summed E-state index contributed by atoms with van der Waals surface area (Å²) in [5.41, 5.74) is 5.26. The second kappa shape index (κ2) is 6.40. The van der Waals surface area contributed by atoms with E-state index in [1.165, 1.54) is 18.2 Å². The standard InChI is InChI=1S/C11H10Cl2N2O4/c1-5(16)19-9(10(14)17)11(18)15-6-2-3-7(12)8(13)4-6/h2-4,9H,1H3,(H2,14,17)(H,15,18). The predicted octanol–water partition coefficient (Wildman–Crippen LogP) is 1.35. The van der Waals surface area contributed by atoms with Gasteiger partial charge in [0.2, 0.25) is 0 Å². The number of ether oxygens (including phenoxy) is 1. The third-order valence-electron chi connectivity index (χ3n) is 1.97. The normalized spacial score (nSPS) is 11.5. The Labute approximate surface area is 118 Å². The smallest absolute Gasteiger partial charge is 0.303 e. The number of hydrogen-bond acceptors (Lipinski definition) is 4. The average Bonchev–Trinajstić information content (AvgIpc) is 2.30. The van der Waals surface area contributed by atoms with Crippen molar-refractivity contribution in [3.63, 3.8) is 0 Å². The van der Waals surface area contributed by atoms with E-state index in [2.05, 4.69) is 10.1 Å². The van der Waals surface area contributed by atoms with E-state index in [1.807, 2.05) is 0 Å². The van der Waals surface area contributed by atoms with Crippen LogP contribution in [0.15, 0.2) is 18.2 Å². The zero-order valence-electron chi connectivity index (χ0n) is 9.78. The maximum absolute atomic E-state index is 11.7. The summed E-state index contributed by atoms with van der Waals surface area (Å²) in [7, 11) is 0. The summed E-state index contributed by atoms with van der Waals surface area (Å²) in [4.78, 5) is 33.5. The first-order valence-electron chi connectivity index (χ1n) is 5.03. The van der Waals surface area contributed by atoms with Crippen LogP contribution in [0.5, 0.6) is 0 Å². The Morgan fingerprint density at radius 1 is 1.26 bits per heavy atom. The van der Waals surface area contributed by atoms with Gasteiger partial charge in [0.1, 0.15) is 0 Å². The van der Waals surface area contributed by atoms with Crippen LogP contribution in [0.25, 0.3) is 0 Å². The highest BCUT2D eigenvalue weighted by Crippen LogP contribution is 2.25. The number of primary amides is 1. The second-order valence-corrected chi connectivity index (χ2v) is 4.32. The summed E-state index contributed by atoms with van der Waals surface area (Å²) >= 11 is 11.5. The van der Waals surface area contributed by atoms with Gasteiger partial charge in [0.05, 0.1) is 10.0 Å². The Hall–Kier alpha value is -1.79. The maximum atomic E-state index is 11.7. The average molecular weight is 305 g/mol. The van der Waals surface area contributed by atoms with Crippen LogP contribution in [0.3, 0.4) is 0 Å². The second-order valence-electron chi connectivity index (χ2n) is 3.51. The lowest BCUT2D eigenvalue weighted by Gasteiger charge is -2.13. The number of esters is 1. The van der Waals surface area contributed by atoms with Crippen LogP contribution in [0.2, 0.25) is 10.0 Å². The summed E-state index contributed by atoms with van der Waals surface area (Å²) in [5, 5.41) is 2.87. The topological polar surface area (TPSA) is 98.5 Å². The molecule has 0 aliphatic rings. The van der Waals surface area contributed by atoms with E-state index >= 15 is 0 Å². The number of halogens is 2. The van der Waals surface area contributed by atoms with E-state index in [0.29, 0.717) is 5.02 Å². The number of benzene rings is 1. The molecule has 0 saturated heterocycles. The Bertz CT molecular complexity index is 533. The zero-order chi connectivity index (χ0) is 14.6. The number of anilines is 1. The molecule has 1 atom stereocenters. The maximum Gasteiger partial charge on any atom is 0.303 e. The lowest BCUT2D eigenvalue weighted by molar-refractivity contribution is -0.157. The van der Waals surface area contributed by atoms with Crippen molar-refractivity contribution in [2.75, 3.05) is 5.32 Å². The molecule has 0 heterocycles. The highest BCUT2D eigenvalue weighted by Gasteiger charge is 2.27. The molecular weight excluding hydrogens is 295 g/mol. The predicted molar refractivity (Wildman–Crippen MR) is 69.8 cm³/mol. The van der Waals surface area contributed by atoms with E-state index in [-0.39, 0.29) is 10.7 Å². The SMILES string of the molecule is CC(=O)OC(C(N)=O)C(=O)Nc1ccc(Cl)c(Cl)c1. The Balaban J connectivity index is 2.84. The zero-order valence-corrected chi connectivity index (χ0v) is 11.3. The molecule has 1 aromatic carbocycles. The van der Waals surface area contributed by atoms with Crippen molar-refractivity contribution in [1.29, 1.82) is 0 Å². The molecule has 0 fully saturated rings. The molecular formula is C11H10Cl2N2O4. The van der Waals surface area contributed by atoms with Crippen LogP contribution in [-0.4, -0.2) is 23.9 Å². The van der Waals surface area contributed by atoms with Gasteiger partial charge in [0, 0.05) is 12.6 Å². The molecule has 0 spiro atoms. The molecule has 8 heteroatoms. The number of hydrogen-bond donors (Lipinski definition) is 2. The fraction of sp³-hybridized carbons (Fsp3) is 0.182. The van der Waals surface area contributed by atoms with Gasteiger partial charge >= 0.3 is 5.97 Å². The van der Waals surface area contributed by atoms with Crippen LogP contribution in [-0.2, 0) is 19.1 Å². The molecule has 0 aliphatic carbocycles. The molecule has 0 aromatic heterocycles. The fourth-order valence-corrected chi connectivity index (χ4v) is 1.49. The summed E-state index contributed by atoms with van der Waals surface area (Å²) in [5.74, 6) is -2.75. The minimum absolute atomic E-state index is 0.225. The Morgan fingerprint density at radius 3 is 2.37 bits per heavy atom. The van der Waals surface area contributed by atoms with Gasteiger partial charge in [-0.05, 0) is 18.2 Å². The van der Waals surface area contributed by atoms with E-state index in [1.54, 1.807) is 0 Å². The highest BCUT2D eigenvalue weighted by molar-refractivity contribution is 6.42. The summed E-state index contributed by atoms with van der Waals surface area (Å²) < 4.78 is 4.52. The van der Waals surface area contributed by atoms with E-state index in [9.17, 15) is 14.4 Å². The molecule has 6 nitrogen and oxygen atoms in total. The first-order chi connectivity index (χ1) is 8.81. The van der Waals surface area contributed by atoms with Crippen molar-refractivity contribution < 1.29 is 19.1 Å². The minimum atomic E-state index is -1.70. The lowest BCUT2D eigenvalue weighted by atomic mass is 10.2. The molecule has 1 aromatic rings. The Morgan fingerprint density at radius 2 is 1.89 bits per heavy atom. The van der Waals surface area contributed by atoms with Crippen LogP contribution < -0.4 is 11.1 Å². The van der Waals surface area contributed by atoms with Crippen molar-refractivity contribution in [3.8, 4) is 0 Å². The van der Waals surface area contributed by atoms with E-state index < -0.39 is 23.9 Å². The largest absolute Gasteiger partial charge is 0.442 e. The molecule has 1 rings (SSSR count). The first-order valence-corrected chi connectivity index (χ1v) is 5.79. The highest BCUT2D eigenvalue weighted by atomic mass is 35.5. The van der Waals surface area contributed by atoms with Crippen LogP contribution in [0.1, 0.15) is 6.92 Å². The van der Waals surface area contributed by atoms with Gasteiger partial charge < -0.3 is 15.8 Å². The van der Waals surface area contributed by atoms with Gasteiger partial charge in [-0.15, -0.1) is 0 Å². The number of carbonyl (C=O) groups excluding carboxylic acids is 3. The summed E-state index contributed by atoms with van der Waals surface area (Å²) in [6.07, 6.45) is -1.70. The third-order valence-corrected chi connectivity index (χ3v) is 2.71. The van der Waals surface area contributed by atoms with Gasteiger partial charge in [-0.3, -0.25) is 14.4 Å². The van der Waals surface area contributed by atoms with E-state index in [0.717, 1.165) is 6.92 Å². The van der Waals surface area contributed by atoms with Crippen LogP contribution in [0.4, 0.5) is 5.69 Å². The monoisotopic (exact) mass is 304 g/mol.